The molecule has 6 heteroatoms. The summed E-state index contributed by atoms with van der Waals surface area (Å²) in [5.41, 5.74) is 1.66. The maximum absolute atomic E-state index is 13.5. The second-order valence-electron chi connectivity index (χ2n) is 9.88. The minimum Gasteiger partial charge on any atom is -0.461 e. The number of nitrogens with one attached hydrogen (secondary N) is 2. The SMILES string of the molecule is Cc1ccnc(NC(=O)CNCCC2CC[C@@H]2OC(=O)C2(c3ccccc3)CCCCCC2)c1. The minimum atomic E-state index is -0.502. The molecule has 34 heavy (non-hydrogen) atoms. The Labute approximate surface area is 202 Å². The fourth-order valence-corrected chi connectivity index (χ4v) is 5.26. The second kappa shape index (κ2) is 11.6. The number of pyridine rings is 1. The Morgan fingerprint density at radius 3 is 2.50 bits per heavy atom. The van der Waals surface area contributed by atoms with Crippen molar-refractivity contribution < 1.29 is 14.3 Å². The van der Waals surface area contributed by atoms with Gasteiger partial charge >= 0.3 is 5.97 Å². The number of benzene rings is 1. The standard InChI is InChI=1S/C28H37N3O3/c1-21-13-18-30-25(19-21)31-26(32)20-29-17-14-22-11-12-24(22)34-27(33)28(15-7-2-3-8-16-28)23-9-5-4-6-10-23/h4-6,9-10,13,18-19,22,24,29H,2-3,7-8,11-12,14-17,20H2,1H3,(H,30,31,32)/t22?,24-/m0/s1. The average Bonchev–Trinajstić information content (AvgIpc) is 3.09. The third-order valence-electron chi connectivity index (χ3n) is 7.44. The van der Waals surface area contributed by atoms with Crippen LogP contribution in [0.4, 0.5) is 5.82 Å². The molecule has 2 fully saturated rings. The molecule has 0 spiro atoms. The first-order chi connectivity index (χ1) is 16.6. The van der Waals surface area contributed by atoms with Gasteiger partial charge in [-0.15, -0.1) is 0 Å². The smallest absolute Gasteiger partial charge is 0.316 e. The first kappa shape index (κ1) is 24.4. The topological polar surface area (TPSA) is 80.3 Å². The molecule has 2 aliphatic carbocycles. The van der Waals surface area contributed by atoms with E-state index in [9.17, 15) is 9.59 Å². The summed E-state index contributed by atoms with van der Waals surface area (Å²) in [6, 6.07) is 14.0. The van der Waals surface area contributed by atoms with E-state index in [0.29, 0.717) is 11.7 Å². The lowest BCUT2D eigenvalue weighted by molar-refractivity contribution is -0.166. The summed E-state index contributed by atoms with van der Waals surface area (Å²) in [7, 11) is 0. The van der Waals surface area contributed by atoms with Gasteiger partial charge in [0.1, 0.15) is 11.9 Å². The number of carbonyl (C=O) groups excluding carboxylic acids is 2. The molecule has 1 unspecified atom stereocenters. The van der Waals surface area contributed by atoms with Gasteiger partial charge in [0.2, 0.25) is 5.91 Å². The largest absolute Gasteiger partial charge is 0.461 e. The van der Waals surface area contributed by atoms with Crippen molar-refractivity contribution in [2.45, 2.75) is 76.2 Å². The van der Waals surface area contributed by atoms with Gasteiger partial charge in [-0.1, -0.05) is 56.0 Å². The van der Waals surface area contributed by atoms with Crippen molar-refractivity contribution in [1.29, 1.82) is 0 Å². The maximum atomic E-state index is 13.5. The molecule has 1 heterocycles. The highest BCUT2D eigenvalue weighted by atomic mass is 16.5. The number of hydrogen-bond acceptors (Lipinski definition) is 5. The Bertz CT molecular complexity index is 954. The molecule has 1 aromatic heterocycles. The van der Waals surface area contributed by atoms with Crippen LogP contribution in [0.1, 0.15) is 68.9 Å². The molecule has 0 aliphatic heterocycles. The molecule has 2 atom stereocenters. The average molecular weight is 464 g/mol. The lowest BCUT2D eigenvalue weighted by Crippen LogP contribution is -2.44. The highest BCUT2D eigenvalue weighted by molar-refractivity contribution is 5.91. The Kier molecular flexibility index (Phi) is 8.33. The van der Waals surface area contributed by atoms with Gasteiger partial charge in [-0.25, -0.2) is 4.98 Å². The van der Waals surface area contributed by atoms with E-state index in [1.165, 1.54) is 12.8 Å². The molecule has 4 rings (SSSR count). The summed E-state index contributed by atoms with van der Waals surface area (Å²) in [6.07, 6.45) is 10.8. The number of aryl methyl sites for hydroxylation is 1. The highest BCUT2D eigenvalue weighted by Crippen LogP contribution is 2.42. The van der Waals surface area contributed by atoms with Crippen molar-refractivity contribution in [3.63, 3.8) is 0 Å². The number of esters is 1. The molecule has 6 nitrogen and oxygen atoms in total. The van der Waals surface area contributed by atoms with Crippen LogP contribution in [0.15, 0.2) is 48.7 Å². The van der Waals surface area contributed by atoms with Gasteiger partial charge in [-0.05, 0) is 74.8 Å². The summed E-state index contributed by atoms with van der Waals surface area (Å²) >= 11 is 0. The van der Waals surface area contributed by atoms with Crippen LogP contribution in [0, 0.1) is 12.8 Å². The van der Waals surface area contributed by atoms with E-state index in [4.69, 9.17) is 4.74 Å². The van der Waals surface area contributed by atoms with Crippen LogP contribution >= 0.6 is 0 Å². The number of anilines is 1. The molecule has 182 valence electrons. The lowest BCUT2D eigenvalue weighted by Gasteiger charge is -2.40. The van der Waals surface area contributed by atoms with Crippen molar-refractivity contribution in [2.75, 3.05) is 18.4 Å². The minimum absolute atomic E-state index is 0.0107. The van der Waals surface area contributed by atoms with Gasteiger partial charge in [0.25, 0.3) is 0 Å². The number of ether oxygens (including phenoxy) is 1. The molecule has 1 aromatic carbocycles. The van der Waals surface area contributed by atoms with Crippen molar-refractivity contribution in [1.82, 2.24) is 10.3 Å². The van der Waals surface area contributed by atoms with E-state index >= 15 is 0 Å². The number of rotatable bonds is 9. The van der Waals surface area contributed by atoms with Crippen LogP contribution in [0.2, 0.25) is 0 Å². The quantitative estimate of drug-likeness (QED) is 0.313. The van der Waals surface area contributed by atoms with E-state index in [1.807, 2.05) is 37.3 Å². The first-order valence-corrected chi connectivity index (χ1v) is 12.8. The fraction of sp³-hybridized carbons (Fsp3) is 0.536. The van der Waals surface area contributed by atoms with Crippen molar-refractivity contribution in [3.05, 3.63) is 59.8 Å². The third-order valence-corrected chi connectivity index (χ3v) is 7.44. The van der Waals surface area contributed by atoms with Crippen LogP contribution in [0.3, 0.4) is 0 Å². The van der Waals surface area contributed by atoms with E-state index in [1.54, 1.807) is 6.20 Å². The molecule has 0 saturated heterocycles. The van der Waals surface area contributed by atoms with Gasteiger partial charge in [0.05, 0.1) is 12.0 Å². The summed E-state index contributed by atoms with van der Waals surface area (Å²) in [6.45, 7) is 2.93. The molecule has 0 radical (unpaired) electrons. The highest BCUT2D eigenvalue weighted by Gasteiger charge is 2.44. The van der Waals surface area contributed by atoms with E-state index in [-0.39, 0.29) is 24.5 Å². The number of nitrogens with zero attached hydrogens (tertiary/aromatic N) is 1. The van der Waals surface area contributed by atoms with Gasteiger partial charge in [0.15, 0.2) is 0 Å². The first-order valence-electron chi connectivity index (χ1n) is 12.8. The van der Waals surface area contributed by atoms with E-state index in [2.05, 4.69) is 27.8 Å². The molecular weight excluding hydrogens is 426 g/mol. The molecule has 2 aliphatic rings. The normalized spacial score (nSPS) is 21.7. The van der Waals surface area contributed by atoms with Gasteiger partial charge in [-0.2, -0.15) is 0 Å². The van der Waals surface area contributed by atoms with Gasteiger partial charge in [0, 0.05) is 6.20 Å². The number of amides is 1. The van der Waals surface area contributed by atoms with Crippen LogP contribution < -0.4 is 10.6 Å². The molecule has 2 N–H and O–H groups in total. The number of carbonyl (C=O) groups is 2. The predicted octanol–water partition coefficient (Wildman–Crippen LogP) is 4.92. The fourth-order valence-electron chi connectivity index (χ4n) is 5.26. The Hall–Kier alpha value is -2.73. The second-order valence-corrected chi connectivity index (χ2v) is 9.88. The Morgan fingerprint density at radius 2 is 1.82 bits per heavy atom. The summed E-state index contributed by atoms with van der Waals surface area (Å²) in [5.74, 6) is 0.793. The number of aromatic nitrogens is 1. The Balaban J connectivity index is 1.25. The van der Waals surface area contributed by atoms with Crippen LogP contribution in [0.5, 0.6) is 0 Å². The molecule has 2 aromatic rings. The summed E-state index contributed by atoms with van der Waals surface area (Å²) in [5, 5.41) is 6.03. The van der Waals surface area contributed by atoms with E-state index < -0.39 is 5.41 Å². The monoisotopic (exact) mass is 463 g/mol. The summed E-state index contributed by atoms with van der Waals surface area (Å²) in [4.78, 5) is 29.9. The van der Waals surface area contributed by atoms with Gasteiger partial charge < -0.3 is 15.4 Å². The lowest BCUT2D eigenvalue weighted by atomic mass is 9.73. The molecule has 2 saturated carbocycles. The third kappa shape index (κ3) is 6.03. The van der Waals surface area contributed by atoms with Crippen LogP contribution in [-0.4, -0.2) is 36.1 Å². The Morgan fingerprint density at radius 1 is 1.06 bits per heavy atom. The van der Waals surface area contributed by atoms with Crippen molar-refractivity contribution in [2.24, 2.45) is 5.92 Å². The van der Waals surface area contributed by atoms with E-state index in [0.717, 1.165) is 62.6 Å². The summed E-state index contributed by atoms with van der Waals surface area (Å²) < 4.78 is 6.17. The zero-order valence-electron chi connectivity index (χ0n) is 20.2. The predicted molar refractivity (Wildman–Crippen MR) is 134 cm³/mol. The molecular formula is C28H37N3O3. The molecule has 0 bridgehead atoms. The van der Waals surface area contributed by atoms with Crippen molar-refractivity contribution in [3.8, 4) is 0 Å². The zero-order valence-corrected chi connectivity index (χ0v) is 20.2. The van der Waals surface area contributed by atoms with Crippen LogP contribution in [-0.2, 0) is 19.7 Å². The number of hydrogen-bond donors (Lipinski definition) is 2. The maximum Gasteiger partial charge on any atom is 0.316 e. The van der Waals surface area contributed by atoms with Gasteiger partial charge in [-0.3, -0.25) is 9.59 Å². The molecule has 1 amide bonds. The zero-order chi connectivity index (χ0) is 23.8. The van der Waals surface area contributed by atoms with Crippen LogP contribution in [0.25, 0.3) is 0 Å². The van der Waals surface area contributed by atoms with Crippen molar-refractivity contribution >= 4 is 17.7 Å².